The Morgan fingerprint density at radius 1 is 1.29 bits per heavy atom. The Bertz CT molecular complexity index is 640. The van der Waals surface area contributed by atoms with Crippen molar-refractivity contribution in [1.82, 2.24) is 4.31 Å². The number of carboxylic acids is 1. The van der Waals surface area contributed by atoms with Gasteiger partial charge in [0.1, 0.15) is 13.1 Å². The summed E-state index contributed by atoms with van der Waals surface area (Å²) in [6, 6.07) is 4.11. The lowest BCUT2D eigenvalue weighted by Crippen LogP contribution is -2.42. The van der Waals surface area contributed by atoms with Crippen molar-refractivity contribution in [3.8, 4) is 0 Å². The van der Waals surface area contributed by atoms with Gasteiger partial charge >= 0.3 is 12.1 Å². The van der Waals surface area contributed by atoms with Crippen molar-refractivity contribution in [1.29, 1.82) is 0 Å². The minimum Gasteiger partial charge on any atom is -0.480 e. The summed E-state index contributed by atoms with van der Waals surface area (Å²) >= 11 is 0. The molecule has 0 bridgehead atoms. The zero-order chi connectivity index (χ0) is 16.4. The smallest absolute Gasteiger partial charge is 0.402 e. The summed E-state index contributed by atoms with van der Waals surface area (Å²) in [7, 11) is -4.54. The summed E-state index contributed by atoms with van der Waals surface area (Å²) in [6.07, 6.45) is -4.83. The molecule has 0 fully saturated rings. The van der Waals surface area contributed by atoms with Crippen LogP contribution >= 0.6 is 0 Å². The Labute approximate surface area is 120 Å². The molecule has 5 nitrogen and oxygen atoms in total. The van der Waals surface area contributed by atoms with E-state index >= 15 is 0 Å². The normalized spacial score (nSPS) is 12.7. The molecular weight excluding hydrogens is 311 g/mol. The van der Waals surface area contributed by atoms with Crippen LogP contribution in [0.25, 0.3) is 0 Å². The average Bonchev–Trinajstić information content (AvgIpc) is 2.24. The quantitative estimate of drug-likeness (QED) is 0.898. The highest BCUT2D eigenvalue weighted by Gasteiger charge is 2.38. The topological polar surface area (TPSA) is 74.7 Å². The molecule has 0 radical (unpaired) electrons. The number of nitrogens with zero attached hydrogens (tertiary/aromatic N) is 1. The fourth-order valence-corrected chi connectivity index (χ4v) is 3.39. The van der Waals surface area contributed by atoms with Gasteiger partial charge in [0.15, 0.2) is 0 Å². The van der Waals surface area contributed by atoms with Gasteiger partial charge in [-0.3, -0.25) is 4.79 Å². The molecule has 1 aromatic rings. The molecule has 0 spiro atoms. The van der Waals surface area contributed by atoms with E-state index in [2.05, 4.69) is 0 Å². The Balaban J connectivity index is 3.29. The maximum atomic E-state index is 12.5. The number of benzene rings is 1. The van der Waals surface area contributed by atoms with Crippen LogP contribution in [0.5, 0.6) is 0 Å². The number of alkyl halides is 3. The van der Waals surface area contributed by atoms with Crippen LogP contribution in [-0.2, 0) is 14.8 Å². The Hall–Kier alpha value is -1.61. The summed E-state index contributed by atoms with van der Waals surface area (Å²) in [5, 5.41) is 8.63. The van der Waals surface area contributed by atoms with Crippen LogP contribution < -0.4 is 0 Å². The van der Waals surface area contributed by atoms with Crippen molar-refractivity contribution < 1.29 is 31.5 Å². The van der Waals surface area contributed by atoms with Crippen LogP contribution in [0.4, 0.5) is 13.2 Å². The number of aryl methyl sites for hydroxylation is 2. The molecule has 0 saturated carbocycles. The second kappa shape index (κ2) is 6.02. The van der Waals surface area contributed by atoms with E-state index in [0.717, 1.165) is 5.56 Å². The highest BCUT2D eigenvalue weighted by molar-refractivity contribution is 7.89. The van der Waals surface area contributed by atoms with Crippen LogP contribution in [-0.4, -0.2) is 43.1 Å². The van der Waals surface area contributed by atoms with Crippen LogP contribution in [0.15, 0.2) is 23.1 Å². The summed E-state index contributed by atoms with van der Waals surface area (Å²) in [5.74, 6) is -1.66. The van der Waals surface area contributed by atoms with E-state index < -0.39 is 35.3 Å². The summed E-state index contributed by atoms with van der Waals surface area (Å²) in [4.78, 5) is 10.3. The summed E-state index contributed by atoms with van der Waals surface area (Å²) in [6.45, 7) is 0.0324. The minimum atomic E-state index is -4.83. The molecular formula is C12H14F3NO4S. The van der Waals surface area contributed by atoms with Crippen molar-refractivity contribution in [2.75, 3.05) is 13.1 Å². The van der Waals surface area contributed by atoms with Crippen LogP contribution in [0.3, 0.4) is 0 Å². The Morgan fingerprint density at radius 2 is 1.86 bits per heavy atom. The Morgan fingerprint density at radius 3 is 2.29 bits per heavy atom. The number of hydrogen-bond acceptors (Lipinski definition) is 3. The molecule has 0 amide bonds. The van der Waals surface area contributed by atoms with Crippen molar-refractivity contribution in [3.63, 3.8) is 0 Å². The summed E-state index contributed by atoms with van der Waals surface area (Å²) in [5.41, 5.74) is 1.000. The van der Waals surface area contributed by atoms with Gasteiger partial charge in [0, 0.05) is 0 Å². The molecule has 118 valence electrons. The first-order chi connectivity index (χ1) is 9.43. The number of aliphatic carboxylic acids is 1. The molecule has 1 N–H and O–H groups in total. The van der Waals surface area contributed by atoms with Crippen LogP contribution in [0.1, 0.15) is 11.1 Å². The maximum Gasteiger partial charge on any atom is 0.402 e. The van der Waals surface area contributed by atoms with Crippen molar-refractivity contribution in [2.24, 2.45) is 0 Å². The lowest BCUT2D eigenvalue weighted by molar-refractivity contribution is -0.146. The number of rotatable bonds is 5. The third-order valence-electron chi connectivity index (χ3n) is 2.62. The first-order valence-corrected chi connectivity index (χ1v) is 7.23. The molecule has 0 saturated heterocycles. The third kappa shape index (κ3) is 4.71. The molecule has 0 aliphatic carbocycles. The predicted octanol–water partition coefficient (Wildman–Crippen LogP) is 1.94. The van der Waals surface area contributed by atoms with Gasteiger partial charge in [-0.15, -0.1) is 0 Å². The second-order valence-electron chi connectivity index (χ2n) is 4.55. The Kier molecular flexibility index (Phi) is 5.00. The lowest BCUT2D eigenvalue weighted by atomic mass is 10.2. The van der Waals surface area contributed by atoms with Gasteiger partial charge in [-0.05, 0) is 25.5 Å². The number of carbonyl (C=O) groups is 1. The number of hydrogen-bond donors (Lipinski definition) is 1. The monoisotopic (exact) mass is 325 g/mol. The predicted molar refractivity (Wildman–Crippen MR) is 68.4 cm³/mol. The van der Waals surface area contributed by atoms with Gasteiger partial charge in [-0.1, -0.05) is 17.7 Å². The molecule has 21 heavy (non-hydrogen) atoms. The molecule has 0 aliphatic heterocycles. The van der Waals surface area contributed by atoms with Gasteiger partial charge in [0.05, 0.1) is 4.90 Å². The molecule has 9 heteroatoms. The van der Waals surface area contributed by atoms with E-state index in [4.69, 9.17) is 5.11 Å². The maximum absolute atomic E-state index is 12.5. The molecule has 0 atom stereocenters. The lowest BCUT2D eigenvalue weighted by Gasteiger charge is -2.22. The minimum absolute atomic E-state index is 0.0903. The zero-order valence-corrected chi connectivity index (χ0v) is 12.1. The van der Waals surface area contributed by atoms with E-state index in [1.807, 2.05) is 0 Å². The molecule has 0 heterocycles. The van der Waals surface area contributed by atoms with Gasteiger partial charge in [0.2, 0.25) is 10.0 Å². The van der Waals surface area contributed by atoms with Crippen LogP contribution in [0, 0.1) is 13.8 Å². The average molecular weight is 325 g/mol. The molecule has 1 rings (SSSR count). The number of halogens is 3. The highest BCUT2D eigenvalue weighted by Crippen LogP contribution is 2.25. The van der Waals surface area contributed by atoms with E-state index in [0.29, 0.717) is 0 Å². The van der Waals surface area contributed by atoms with Gasteiger partial charge in [-0.2, -0.15) is 17.5 Å². The van der Waals surface area contributed by atoms with Gasteiger partial charge < -0.3 is 5.11 Å². The summed E-state index contributed by atoms with van der Waals surface area (Å²) < 4.78 is 61.8. The van der Waals surface area contributed by atoms with E-state index in [9.17, 15) is 26.4 Å². The number of carboxylic acid groups (broad SMARTS) is 1. The molecule has 0 unspecified atom stereocenters. The number of sulfonamides is 1. The standard InChI is InChI=1S/C12H14F3NO4S/c1-8-3-4-10(9(2)5-8)21(19,20)16(6-11(17)18)7-12(13,14)15/h3-5H,6-7H2,1-2H3,(H,17,18). The van der Waals surface area contributed by atoms with E-state index in [1.165, 1.54) is 25.1 Å². The first kappa shape index (κ1) is 17.4. The van der Waals surface area contributed by atoms with E-state index in [-0.39, 0.29) is 14.8 Å². The van der Waals surface area contributed by atoms with Gasteiger partial charge in [0.25, 0.3) is 0 Å². The first-order valence-electron chi connectivity index (χ1n) is 5.79. The largest absolute Gasteiger partial charge is 0.480 e. The molecule has 0 aromatic heterocycles. The van der Waals surface area contributed by atoms with Crippen molar-refractivity contribution >= 4 is 16.0 Å². The second-order valence-corrected chi connectivity index (χ2v) is 6.46. The van der Waals surface area contributed by atoms with Crippen molar-refractivity contribution in [2.45, 2.75) is 24.9 Å². The zero-order valence-electron chi connectivity index (χ0n) is 11.3. The molecule has 1 aromatic carbocycles. The molecule has 0 aliphatic rings. The third-order valence-corrected chi connectivity index (χ3v) is 4.57. The fourth-order valence-electron chi connectivity index (χ4n) is 1.80. The van der Waals surface area contributed by atoms with Gasteiger partial charge in [-0.25, -0.2) is 8.42 Å². The fraction of sp³-hybridized carbons (Fsp3) is 0.417. The highest BCUT2D eigenvalue weighted by atomic mass is 32.2. The van der Waals surface area contributed by atoms with E-state index in [1.54, 1.807) is 6.92 Å². The van der Waals surface area contributed by atoms with Crippen LogP contribution in [0.2, 0.25) is 0 Å². The SMILES string of the molecule is Cc1ccc(S(=O)(=O)N(CC(=O)O)CC(F)(F)F)c(C)c1. The van der Waals surface area contributed by atoms with Crippen molar-refractivity contribution in [3.05, 3.63) is 29.3 Å².